The molecule has 0 saturated heterocycles. The molecule has 0 heterocycles. The number of Topliss-reactive ketones (excluding diaryl/α,β-unsaturated/α-hetero) is 1. The third-order valence-electron chi connectivity index (χ3n) is 6.14. The first-order chi connectivity index (χ1) is 13.8. The summed E-state index contributed by atoms with van der Waals surface area (Å²) >= 11 is 0. The molecule has 0 aliphatic heterocycles. The second-order valence-corrected chi connectivity index (χ2v) is 8.71. The van der Waals surface area contributed by atoms with Crippen LogP contribution < -0.4 is 0 Å². The van der Waals surface area contributed by atoms with E-state index in [1.54, 1.807) is 0 Å². The third-order valence-corrected chi connectivity index (χ3v) is 6.14. The highest BCUT2D eigenvalue weighted by molar-refractivity contribution is 6.04. The van der Waals surface area contributed by atoms with Gasteiger partial charge in [0.2, 0.25) is 0 Å². The minimum Gasteiger partial charge on any atom is -0.294 e. The molecule has 0 radical (unpaired) electrons. The summed E-state index contributed by atoms with van der Waals surface area (Å²) in [7, 11) is 0. The number of allylic oxidation sites excluding steroid dienone is 3. The van der Waals surface area contributed by atoms with Gasteiger partial charge in [-0.3, -0.25) is 4.79 Å². The number of hydrogen-bond acceptors (Lipinski definition) is 2. The summed E-state index contributed by atoms with van der Waals surface area (Å²) < 4.78 is 0. The van der Waals surface area contributed by atoms with Crippen molar-refractivity contribution in [3.05, 3.63) is 95.1 Å². The van der Waals surface area contributed by atoms with Crippen molar-refractivity contribution in [2.45, 2.75) is 51.9 Å². The maximum absolute atomic E-state index is 13.1. The Morgan fingerprint density at radius 3 is 2.17 bits per heavy atom. The Labute approximate surface area is 174 Å². The van der Waals surface area contributed by atoms with Crippen molar-refractivity contribution in [2.24, 2.45) is 5.41 Å². The van der Waals surface area contributed by atoms with E-state index >= 15 is 0 Å². The quantitative estimate of drug-likeness (QED) is 0.555. The average molecular weight is 384 g/mol. The Kier molecular flexibility index (Phi) is 6.18. The van der Waals surface area contributed by atoms with E-state index in [4.69, 9.17) is 0 Å². The first-order valence-corrected chi connectivity index (χ1v) is 10.3. The summed E-state index contributed by atoms with van der Waals surface area (Å²) in [6, 6.07) is 22.6. The normalized spacial score (nSPS) is 18.1. The van der Waals surface area contributed by atoms with Gasteiger partial charge in [-0.05, 0) is 42.9 Å². The summed E-state index contributed by atoms with van der Waals surface area (Å²) in [4.78, 5) is 13.1. The number of carbonyl (C=O) groups is 1. The van der Waals surface area contributed by atoms with Gasteiger partial charge in [0, 0.05) is 16.9 Å². The van der Waals surface area contributed by atoms with Gasteiger partial charge in [0.1, 0.15) is 0 Å². The Morgan fingerprint density at radius 1 is 1.07 bits per heavy atom. The first kappa shape index (κ1) is 20.8. The van der Waals surface area contributed by atoms with Gasteiger partial charge in [-0.2, -0.15) is 5.26 Å². The van der Waals surface area contributed by atoms with Crippen molar-refractivity contribution < 1.29 is 4.79 Å². The van der Waals surface area contributed by atoms with Gasteiger partial charge in [0.05, 0.1) is 12.0 Å². The van der Waals surface area contributed by atoms with E-state index in [-0.39, 0.29) is 23.0 Å². The Morgan fingerprint density at radius 2 is 1.62 bits per heavy atom. The lowest BCUT2D eigenvalue weighted by molar-refractivity contribution is -0.124. The van der Waals surface area contributed by atoms with Gasteiger partial charge in [-0.1, -0.05) is 86.7 Å². The van der Waals surface area contributed by atoms with Crippen LogP contribution in [0.3, 0.4) is 0 Å². The monoisotopic (exact) mass is 383 g/mol. The minimum atomic E-state index is -0.353. The summed E-state index contributed by atoms with van der Waals surface area (Å²) in [6.45, 7) is 10.4. The van der Waals surface area contributed by atoms with Crippen molar-refractivity contribution >= 4 is 5.78 Å². The predicted molar refractivity (Wildman–Crippen MR) is 118 cm³/mol. The van der Waals surface area contributed by atoms with Gasteiger partial charge < -0.3 is 0 Å². The van der Waals surface area contributed by atoms with Crippen LogP contribution in [0.15, 0.2) is 84.0 Å². The van der Waals surface area contributed by atoms with E-state index in [2.05, 4.69) is 24.8 Å². The predicted octanol–water partition coefficient (Wildman–Crippen LogP) is 6.73. The Hall–Kier alpha value is -2.92. The lowest BCUT2D eigenvalue weighted by Crippen LogP contribution is -2.31. The van der Waals surface area contributed by atoms with Crippen LogP contribution in [0.5, 0.6) is 0 Å². The number of ketones is 1. The molecule has 0 N–H and O–H groups in total. The van der Waals surface area contributed by atoms with E-state index in [0.29, 0.717) is 6.42 Å². The molecule has 0 aromatic heterocycles. The molecule has 0 spiro atoms. The van der Waals surface area contributed by atoms with E-state index < -0.39 is 0 Å². The zero-order valence-corrected chi connectivity index (χ0v) is 17.6. The van der Waals surface area contributed by atoms with Crippen LogP contribution >= 0.6 is 0 Å². The van der Waals surface area contributed by atoms with Gasteiger partial charge in [-0.15, -0.1) is 0 Å². The summed E-state index contributed by atoms with van der Waals surface area (Å²) in [6.07, 6.45) is 2.39. The molecule has 2 atom stereocenters. The number of rotatable bonds is 6. The second-order valence-electron chi connectivity index (χ2n) is 8.71. The fourth-order valence-corrected chi connectivity index (χ4v) is 4.29. The lowest BCUT2D eigenvalue weighted by atomic mass is 9.69. The molecule has 2 heteroatoms. The van der Waals surface area contributed by atoms with Crippen LogP contribution in [0.2, 0.25) is 0 Å². The molecule has 1 aliphatic rings. The van der Waals surface area contributed by atoms with Crippen molar-refractivity contribution in [3.63, 3.8) is 0 Å². The van der Waals surface area contributed by atoms with Gasteiger partial charge in [-0.25, -0.2) is 0 Å². The van der Waals surface area contributed by atoms with E-state index in [0.717, 1.165) is 40.7 Å². The highest BCUT2D eigenvalue weighted by Gasteiger charge is 2.37. The topological polar surface area (TPSA) is 40.9 Å². The fraction of sp³-hybridized carbons (Fsp3) is 0.333. The molecule has 0 saturated carbocycles. The van der Waals surface area contributed by atoms with Crippen molar-refractivity contribution in [1.29, 1.82) is 5.26 Å². The van der Waals surface area contributed by atoms with Gasteiger partial charge in [0.25, 0.3) is 0 Å². The van der Waals surface area contributed by atoms with Crippen LogP contribution in [0.25, 0.3) is 0 Å². The molecule has 29 heavy (non-hydrogen) atoms. The number of nitrogens with zero attached hydrogens (tertiary/aromatic N) is 1. The van der Waals surface area contributed by atoms with Gasteiger partial charge in [0.15, 0.2) is 5.78 Å². The molecule has 1 aliphatic carbocycles. The fourth-order valence-electron chi connectivity index (χ4n) is 4.29. The molecule has 2 aromatic rings. The Balaban J connectivity index is 1.99. The van der Waals surface area contributed by atoms with Crippen LogP contribution in [0.4, 0.5) is 0 Å². The first-order valence-electron chi connectivity index (χ1n) is 10.3. The molecular weight excluding hydrogens is 354 g/mol. The van der Waals surface area contributed by atoms with E-state index in [1.165, 1.54) is 0 Å². The van der Waals surface area contributed by atoms with E-state index in [9.17, 15) is 10.1 Å². The zero-order valence-electron chi connectivity index (χ0n) is 17.6. The van der Waals surface area contributed by atoms with Crippen LogP contribution in [0, 0.1) is 16.7 Å². The highest BCUT2D eigenvalue weighted by Crippen LogP contribution is 2.43. The third kappa shape index (κ3) is 4.40. The maximum Gasteiger partial charge on any atom is 0.168 e. The molecule has 2 nitrogen and oxygen atoms in total. The molecule has 2 aromatic carbocycles. The van der Waals surface area contributed by atoms with Gasteiger partial charge >= 0.3 is 0 Å². The Bertz CT molecular complexity index is 961. The molecule has 2 unspecified atom stereocenters. The van der Waals surface area contributed by atoms with E-state index in [1.807, 2.05) is 69.3 Å². The number of benzene rings is 2. The molecule has 148 valence electrons. The second kappa shape index (κ2) is 8.62. The summed E-state index contributed by atoms with van der Waals surface area (Å²) in [5, 5.41) is 10.1. The number of carbonyl (C=O) groups excluding carboxylic acids is 1. The van der Waals surface area contributed by atoms with Crippen molar-refractivity contribution in [2.75, 3.05) is 0 Å². The van der Waals surface area contributed by atoms with Crippen LogP contribution in [-0.2, 0) is 4.79 Å². The molecule has 0 bridgehead atoms. The van der Waals surface area contributed by atoms with Crippen molar-refractivity contribution in [1.82, 2.24) is 0 Å². The minimum absolute atomic E-state index is 0.0609. The summed E-state index contributed by atoms with van der Waals surface area (Å²) in [5.74, 6) is -0.177. The molecular formula is C27H29NO. The van der Waals surface area contributed by atoms with Crippen LogP contribution in [0.1, 0.15) is 63.0 Å². The molecule has 0 fully saturated rings. The lowest BCUT2D eigenvalue weighted by Gasteiger charge is -2.33. The highest BCUT2D eigenvalue weighted by atomic mass is 16.1. The largest absolute Gasteiger partial charge is 0.294 e. The standard InChI is InChI=1S/C27H29NO/c1-19-15-16-27(3,4)26(29)25(19)20(2)17-23(21-11-7-5-8-12-21)24(18-28)22-13-9-6-10-14-22/h5-14,23-24H,2,15-17H2,1,3-4H3. The van der Waals surface area contributed by atoms with Crippen LogP contribution in [-0.4, -0.2) is 5.78 Å². The SMILES string of the molecule is C=C(CC(c1ccccc1)C(C#N)c1ccccc1)C1=C(C)CCC(C)(C)C1=O. The number of hydrogen-bond donors (Lipinski definition) is 0. The molecule has 0 amide bonds. The smallest absolute Gasteiger partial charge is 0.168 e. The maximum atomic E-state index is 13.1. The average Bonchev–Trinajstić information content (AvgIpc) is 2.73. The molecule has 3 rings (SSSR count). The zero-order chi connectivity index (χ0) is 21.0. The summed E-state index contributed by atoms with van der Waals surface area (Å²) in [5.41, 5.74) is 4.52. The number of nitriles is 1. The van der Waals surface area contributed by atoms with Crippen molar-refractivity contribution in [3.8, 4) is 6.07 Å².